The normalized spacial score (nSPS) is 26.5. The average Bonchev–Trinajstić information content (AvgIpc) is 3.73. The fourth-order valence-electron chi connectivity index (χ4n) is 7.25. The first-order valence-corrected chi connectivity index (χ1v) is 19.7. The summed E-state index contributed by atoms with van der Waals surface area (Å²) in [6.07, 6.45) is 25.7. The van der Waals surface area contributed by atoms with E-state index >= 15 is 0 Å². The Labute approximate surface area is 303 Å². The minimum atomic E-state index is -0.368. The predicted octanol–water partition coefficient (Wildman–Crippen LogP) is 8.11. The molecule has 0 aliphatic carbocycles. The molecule has 9 heteroatoms. The minimum absolute atomic E-state index is 0.0142. The highest BCUT2D eigenvalue weighted by Gasteiger charge is 2.40. The first-order chi connectivity index (χ1) is 24.4. The second-order valence-corrected chi connectivity index (χ2v) is 14.3. The van der Waals surface area contributed by atoms with Gasteiger partial charge in [0.1, 0.15) is 19.7 Å². The topological polar surface area (TPSA) is 102 Å². The van der Waals surface area contributed by atoms with Gasteiger partial charge in [0.05, 0.1) is 42.7 Å². The number of cyclic esters (lactones) is 1. The van der Waals surface area contributed by atoms with Crippen LogP contribution < -0.4 is 0 Å². The molecule has 2 saturated heterocycles. The molecule has 50 heavy (non-hydrogen) atoms. The number of ether oxygens (including phenoxy) is 7. The fraction of sp³-hybridized carbons (Fsp3) is 0.829. The molecular weight excluding hydrogens is 636 g/mol. The van der Waals surface area contributed by atoms with Crippen molar-refractivity contribution in [2.24, 2.45) is 0 Å². The van der Waals surface area contributed by atoms with Crippen molar-refractivity contribution in [3.05, 3.63) is 23.8 Å². The molecule has 0 aromatic heterocycles. The maximum Gasteiger partial charge on any atom is 0.334 e. The summed E-state index contributed by atoms with van der Waals surface area (Å²) in [5.74, 6) is 6.19. The maximum absolute atomic E-state index is 12.0. The number of carbonyl (C=O) groups excluding carboxylic acids is 1. The lowest BCUT2D eigenvalue weighted by Crippen LogP contribution is -2.44. The van der Waals surface area contributed by atoms with Gasteiger partial charge in [-0.1, -0.05) is 76.2 Å². The Morgan fingerprint density at radius 2 is 1.62 bits per heavy atom. The second kappa shape index (κ2) is 26.1. The van der Waals surface area contributed by atoms with Crippen LogP contribution in [0.2, 0.25) is 0 Å². The van der Waals surface area contributed by atoms with Crippen molar-refractivity contribution < 1.29 is 43.1 Å². The second-order valence-electron chi connectivity index (χ2n) is 14.3. The summed E-state index contributed by atoms with van der Waals surface area (Å²) in [7, 11) is 3.25. The molecule has 9 nitrogen and oxygen atoms in total. The molecule has 0 aromatic rings. The monoisotopic (exact) mass is 704 g/mol. The summed E-state index contributed by atoms with van der Waals surface area (Å²) >= 11 is 0. The van der Waals surface area contributed by atoms with E-state index in [1.807, 2.05) is 19.1 Å². The highest BCUT2D eigenvalue weighted by atomic mass is 16.7. The summed E-state index contributed by atoms with van der Waals surface area (Å²) in [5, 5.41) is 10.6. The molecule has 0 saturated carbocycles. The van der Waals surface area contributed by atoms with Gasteiger partial charge >= 0.3 is 5.97 Å². The number of aliphatic hydroxyl groups excluding tert-OH is 1. The van der Waals surface area contributed by atoms with Gasteiger partial charge in [-0.2, -0.15) is 0 Å². The molecule has 286 valence electrons. The standard InChI is InChI=1S/C41H68O9/c1-5-6-7-8-9-13-16-19-22-36-35(42)24-25-39(49-36)40-27-26-38(50-40)37(47-31-45-4)23-20-17-14-11-10-12-15-18-21-34(46-30-44-3)29-33-28-32(2)48-41(33)43/h10,12,28,32,34-40,42H,5-9,13,15-27,29-31H2,1-4H3/b12-10+/t32-,34+,35+,36-,37+,38+,39-,40+/m0/s1. The maximum atomic E-state index is 12.0. The van der Waals surface area contributed by atoms with E-state index < -0.39 is 0 Å². The van der Waals surface area contributed by atoms with Gasteiger partial charge in [-0.05, 0) is 83.3 Å². The molecule has 1 N–H and O–H groups in total. The molecular formula is C41H68O9. The van der Waals surface area contributed by atoms with E-state index in [9.17, 15) is 9.90 Å². The van der Waals surface area contributed by atoms with Crippen LogP contribution in [0.3, 0.4) is 0 Å². The summed E-state index contributed by atoms with van der Waals surface area (Å²) < 4.78 is 40.5. The quantitative estimate of drug-likeness (QED) is 0.0414. The predicted molar refractivity (Wildman–Crippen MR) is 195 cm³/mol. The lowest BCUT2D eigenvalue weighted by atomic mass is 9.93. The van der Waals surface area contributed by atoms with Crippen molar-refractivity contribution in [1.82, 2.24) is 0 Å². The Balaban J connectivity index is 1.33. The molecule has 0 spiro atoms. The van der Waals surface area contributed by atoms with Crippen LogP contribution in [-0.4, -0.2) is 87.7 Å². The number of rotatable bonds is 26. The van der Waals surface area contributed by atoms with Crippen LogP contribution in [0.1, 0.15) is 142 Å². The van der Waals surface area contributed by atoms with Crippen molar-refractivity contribution in [3.8, 4) is 11.8 Å². The van der Waals surface area contributed by atoms with Crippen LogP contribution in [0, 0.1) is 11.8 Å². The highest BCUT2D eigenvalue weighted by Crippen LogP contribution is 2.34. The molecule has 8 atom stereocenters. The smallest absolute Gasteiger partial charge is 0.334 e. The highest BCUT2D eigenvalue weighted by molar-refractivity contribution is 5.90. The van der Waals surface area contributed by atoms with E-state index in [2.05, 4.69) is 24.8 Å². The van der Waals surface area contributed by atoms with Crippen LogP contribution >= 0.6 is 0 Å². The summed E-state index contributed by atoms with van der Waals surface area (Å²) in [6.45, 7) is 4.57. The van der Waals surface area contributed by atoms with E-state index in [0.717, 1.165) is 77.0 Å². The number of methoxy groups -OCH3 is 2. The van der Waals surface area contributed by atoms with Gasteiger partial charge in [0.15, 0.2) is 0 Å². The SMILES string of the molecule is CCCCCCCCCC[C@@H]1O[C@H]([C@H]2CC[C@H]([C@@H](CCCC#C/C=C/CCC[C@H](CC3=C[C@H](C)OC3=O)OCOC)OCOC)O2)CC[C@H]1O. The Kier molecular flexibility index (Phi) is 22.2. The lowest BCUT2D eigenvalue weighted by molar-refractivity contribution is -0.178. The number of carbonyl (C=O) groups is 1. The third kappa shape index (κ3) is 16.7. The summed E-state index contributed by atoms with van der Waals surface area (Å²) in [5.41, 5.74) is 0.686. The van der Waals surface area contributed by atoms with Crippen molar-refractivity contribution in [1.29, 1.82) is 0 Å². The van der Waals surface area contributed by atoms with Gasteiger partial charge in [0.25, 0.3) is 0 Å². The van der Waals surface area contributed by atoms with Gasteiger partial charge in [-0.15, -0.1) is 0 Å². The Bertz CT molecular complexity index is 1030. The molecule has 2 fully saturated rings. The van der Waals surface area contributed by atoms with Gasteiger partial charge in [0, 0.05) is 32.6 Å². The van der Waals surface area contributed by atoms with Gasteiger partial charge in [-0.3, -0.25) is 0 Å². The molecule has 0 aromatic carbocycles. The zero-order chi connectivity index (χ0) is 35.8. The average molecular weight is 705 g/mol. The van der Waals surface area contributed by atoms with E-state index in [1.165, 1.54) is 44.9 Å². The van der Waals surface area contributed by atoms with E-state index in [4.69, 9.17) is 33.2 Å². The van der Waals surface area contributed by atoms with Crippen LogP contribution in [-0.2, 0) is 38.0 Å². The molecule has 0 unspecified atom stereocenters. The van der Waals surface area contributed by atoms with Crippen molar-refractivity contribution in [2.45, 2.75) is 191 Å². The van der Waals surface area contributed by atoms with Gasteiger partial charge < -0.3 is 38.3 Å². The third-order valence-electron chi connectivity index (χ3n) is 10.0. The van der Waals surface area contributed by atoms with Gasteiger partial charge in [0.2, 0.25) is 0 Å². The molecule has 0 bridgehead atoms. The van der Waals surface area contributed by atoms with Crippen LogP contribution in [0.5, 0.6) is 0 Å². The largest absolute Gasteiger partial charge is 0.455 e. The van der Waals surface area contributed by atoms with Crippen molar-refractivity contribution >= 4 is 5.97 Å². The van der Waals surface area contributed by atoms with Crippen LogP contribution in [0.4, 0.5) is 0 Å². The zero-order valence-electron chi connectivity index (χ0n) is 31.6. The molecule has 0 amide bonds. The number of aliphatic hydroxyl groups is 1. The van der Waals surface area contributed by atoms with Crippen LogP contribution in [0.25, 0.3) is 0 Å². The fourth-order valence-corrected chi connectivity index (χ4v) is 7.25. The molecule has 0 radical (unpaired) electrons. The first kappa shape index (κ1) is 42.6. The number of esters is 1. The lowest BCUT2D eigenvalue weighted by Gasteiger charge is -2.37. The number of allylic oxidation sites excluding steroid dienone is 2. The molecule has 3 rings (SSSR count). The summed E-state index contributed by atoms with van der Waals surface area (Å²) in [6, 6.07) is 0. The number of hydrogen-bond acceptors (Lipinski definition) is 9. The number of unbranched alkanes of at least 4 members (excludes halogenated alkanes) is 9. The van der Waals surface area contributed by atoms with Crippen molar-refractivity contribution in [3.63, 3.8) is 0 Å². The first-order valence-electron chi connectivity index (χ1n) is 19.7. The van der Waals surface area contributed by atoms with Crippen molar-refractivity contribution in [2.75, 3.05) is 27.8 Å². The molecule has 3 aliphatic heterocycles. The van der Waals surface area contributed by atoms with E-state index in [0.29, 0.717) is 12.0 Å². The number of hydrogen-bond donors (Lipinski definition) is 1. The molecule has 3 heterocycles. The zero-order valence-corrected chi connectivity index (χ0v) is 31.6. The van der Waals surface area contributed by atoms with E-state index in [-0.39, 0.29) is 68.4 Å². The summed E-state index contributed by atoms with van der Waals surface area (Å²) in [4.78, 5) is 12.0. The third-order valence-corrected chi connectivity index (χ3v) is 10.0. The van der Waals surface area contributed by atoms with Crippen LogP contribution in [0.15, 0.2) is 23.8 Å². The Morgan fingerprint density at radius 1 is 0.900 bits per heavy atom. The Morgan fingerprint density at radius 3 is 2.36 bits per heavy atom. The van der Waals surface area contributed by atoms with Gasteiger partial charge in [-0.25, -0.2) is 4.79 Å². The van der Waals surface area contributed by atoms with E-state index in [1.54, 1.807) is 14.2 Å². The molecule has 3 aliphatic rings. The Hall–Kier alpha value is -1.77. The minimum Gasteiger partial charge on any atom is -0.455 e.